The summed E-state index contributed by atoms with van der Waals surface area (Å²) in [5, 5.41) is 21.6. The first-order valence-corrected chi connectivity index (χ1v) is 3.52. The molecule has 0 amide bonds. The molecule has 0 spiro atoms. The number of hydroxylamine groups is 2. The first kappa shape index (κ1) is 9.02. The van der Waals surface area contributed by atoms with Gasteiger partial charge in [-0.05, 0) is 13.1 Å². The van der Waals surface area contributed by atoms with E-state index in [4.69, 9.17) is 11.6 Å². The molecule has 0 N–H and O–H groups in total. The number of allylic oxidation sites excluding steroid dienone is 1. The third kappa shape index (κ3) is 1.57. The van der Waals surface area contributed by atoms with Crippen LogP contribution in [-0.2, 0) is 0 Å². The van der Waals surface area contributed by atoms with Crippen molar-refractivity contribution in [3.63, 3.8) is 0 Å². The number of hydrogen-bond donors (Lipinski definition) is 0. The maximum atomic E-state index is 10.9. The predicted molar refractivity (Wildman–Crippen MR) is 43.7 cm³/mol. The van der Waals surface area contributed by atoms with Gasteiger partial charge in [-0.25, -0.2) is 0 Å². The average molecular weight is 190 g/mol. The van der Waals surface area contributed by atoms with Crippen LogP contribution in [0.3, 0.4) is 0 Å². The first-order chi connectivity index (χ1) is 5.43. The minimum Gasteiger partial charge on any atom is -0.757 e. The summed E-state index contributed by atoms with van der Waals surface area (Å²) in [6.45, 7) is 1.38. The van der Waals surface area contributed by atoms with E-state index in [1.807, 2.05) is 0 Å². The SMILES string of the molecule is CC1(Cl)C=C([N+](=O)[O-])C=CN1[O-]. The molecule has 0 saturated carbocycles. The Morgan fingerprint density at radius 3 is 2.75 bits per heavy atom. The molecule has 0 fully saturated rings. The minimum absolute atomic E-state index is 0.167. The molecule has 12 heavy (non-hydrogen) atoms. The molecule has 1 atom stereocenters. The molecule has 0 bridgehead atoms. The highest BCUT2D eigenvalue weighted by atomic mass is 35.5. The van der Waals surface area contributed by atoms with Crippen LogP contribution < -0.4 is 0 Å². The summed E-state index contributed by atoms with van der Waals surface area (Å²) in [5.41, 5.74) is -0.167. The molecule has 0 aromatic heterocycles. The van der Waals surface area contributed by atoms with Crippen LogP contribution in [-0.4, -0.2) is 15.0 Å². The van der Waals surface area contributed by atoms with Crippen LogP contribution in [0.1, 0.15) is 6.92 Å². The quantitative estimate of drug-likeness (QED) is 0.271. The van der Waals surface area contributed by atoms with Gasteiger partial charge in [0.05, 0.1) is 4.92 Å². The van der Waals surface area contributed by atoms with E-state index in [9.17, 15) is 15.3 Å². The van der Waals surface area contributed by atoms with Crippen molar-refractivity contribution in [3.8, 4) is 0 Å². The monoisotopic (exact) mass is 189 g/mol. The summed E-state index contributed by atoms with van der Waals surface area (Å²) >= 11 is 5.64. The molecule has 0 radical (unpaired) electrons. The van der Waals surface area contributed by atoms with Crippen LogP contribution in [0.25, 0.3) is 0 Å². The molecular formula is C6H6ClN2O3-. The molecule has 0 saturated heterocycles. The fourth-order valence-electron chi connectivity index (χ4n) is 0.785. The first-order valence-electron chi connectivity index (χ1n) is 3.14. The maximum absolute atomic E-state index is 10.9. The lowest BCUT2D eigenvalue weighted by atomic mass is 10.2. The second kappa shape index (κ2) is 2.76. The van der Waals surface area contributed by atoms with E-state index in [-0.39, 0.29) is 5.70 Å². The molecule has 1 unspecified atom stereocenters. The normalized spacial score (nSPS) is 28.6. The zero-order chi connectivity index (χ0) is 9.35. The van der Waals surface area contributed by atoms with Gasteiger partial charge in [-0.3, -0.25) is 10.1 Å². The van der Waals surface area contributed by atoms with Gasteiger partial charge >= 0.3 is 0 Å². The van der Waals surface area contributed by atoms with Crippen LogP contribution in [0.15, 0.2) is 24.0 Å². The zero-order valence-electron chi connectivity index (χ0n) is 6.23. The Hall–Kier alpha value is -1.07. The molecule has 66 valence electrons. The van der Waals surface area contributed by atoms with Crippen molar-refractivity contribution < 1.29 is 4.92 Å². The van der Waals surface area contributed by atoms with Crippen LogP contribution in [0.5, 0.6) is 0 Å². The number of nitrogens with zero attached hydrogens (tertiary/aromatic N) is 2. The average Bonchev–Trinajstić information content (AvgIpc) is 1.94. The van der Waals surface area contributed by atoms with Gasteiger partial charge < -0.3 is 10.3 Å². The largest absolute Gasteiger partial charge is 0.757 e. The van der Waals surface area contributed by atoms with Crippen LogP contribution >= 0.6 is 11.6 Å². The predicted octanol–water partition coefficient (Wildman–Crippen LogP) is 1.43. The van der Waals surface area contributed by atoms with Crippen molar-refractivity contribution >= 4 is 11.6 Å². The number of nitro groups is 1. The number of hydrogen-bond acceptors (Lipinski definition) is 4. The summed E-state index contributed by atoms with van der Waals surface area (Å²) in [4.78, 5) is 8.31. The second-order valence-corrected chi connectivity index (χ2v) is 3.26. The Balaban J connectivity index is 2.97. The van der Waals surface area contributed by atoms with Gasteiger partial charge in [0.2, 0.25) is 0 Å². The van der Waals surface area contributed by atoms with Crippen LogP contribution in [0, 0.1) is 15.3 Å². The lowest BCUT2D eigenvalue weighted by Crippen LogP contribution is -2.34. The fourth-order valence-corrected chi connectivity index (χ4v) is 0.953. The van der Waals surface area contributed by atoms with Crippen molar-refractivity contribution in [1.82, 2.24) is 5.06 Å². The second-order valence-electron chi connectivity index (χ2n) is 2.49. The van der Waals surface area contributed by atoms with Crippen LogP contribution in [0.2, 0.25) is 0 Å². The van der Waals surface area contributed by atoms with E-state index in [0.29, 0.717) is 5.06 Å². The highest BCUT2D eigenvalue weighted by Gasteiger charge is 2.26. The van der Waals surface area contributed by atoms with Crippen molar-refractivity contribution in [1.29, 1.82) is 0 Å². The van der Waals surface area contributed by atoms with E-state index in [0.717, 1.165) is 18.4 Å². The summed E-state index contributed by atoms with van der Waals surface area (Å²) < 4.78 is 0. The van der Waals surface area contributed by atoms with Gasteiger partial charge in [-0.2, -0.15) is 0 Å². The molecule has 0 aliphatic carbocycles. The molecule has 1 aliphatic rings. The lowest BCUT2D eigenvalue weighted by molar-refractivity contribution is -0.420. The van der Waals surface area contributed by atoms with Gasteiger partial charge in [0, 0.05) is 12.2 Å². The van der Waals surface area contributed by atoms with E-state index >= 15 is 0 Å². The van der Waals surface area contributed by atoms with E-state index in [1.165, 1.54) is 6.92 Å². The topological polar surface area (TPSA) is 69.4 Å². The number of halogens is 1. The molecule has 1 rings (SSSR count). The summed E-state index contributed by atoms with van der Waals surface area (Å²) in [5.74, 6) is 0. The van der Waals surface area contributed by atoms with E-state index < -0.39 is 9.92 Å². The smallest absolute Gasteiger partial charge is 0.270 e. The van der Waals surface area contributed by atoms with Crippen molar-refractivity contribution in [3.05, 3.63) is 39.4 Å². The Bertz CT molecular complexity index is 272. The molecular weight excluding hydrogens is 184 g/mol. The molecule has 1 heterocycles. The third-order valence-corrected chi connectivity index (χ3v) is 1.71. The van der Waals surface area contributed by atoms with Gasteiger partial charge in [-0.1, -0.05) is 11.6 Å². The van der Waals surface area contributed by atoms with E-state index in [2.05, 4.69) is 0 Å². The zero-order valence-corrected chi connectivity index (χ0v) is 6.99. The summed E-state index contributed by atoms with van der Waals surface area (Å²) in [7, 11) is 0. The molecule has 5 nitrogen and oxygen atoms in total. The Labute approximate surface area is 73.6 Å². The standard InChI is InChI=1S/C6H6ClN2O3/c1-6(7)4-5(9(11)12)2-3-8(6)10/h2-4H,1H3/q-1. The van der Waals surface area contributed by atoms with E-state index in [1.54, 1.807) is 0 Å². The minimum atomic E-state index is -1.35. The summed E-state index contributed by atoms with van der Waals surface area (Å²) in [6.07, 6.45) is 3.24. The Morgan fingerprint density at radius 1 is 1.75 bits per heavy atom. The fraction of sp³-hybridized carbons (Fsp3) is 0.333. The Morgan fingerprint density at radius 2 is 2.33 bits per heavy atom. The van der Waals surface area contributed by atoms with Gasteiger partial charge in [0.15, 0.2) is 0 Å². The van der Waals surface area contributed by atoms with Gasteiger partial charge in [-0.15, -0.1) is 0 Å². The number of rotatable bonds is 1. The van der Waals surface area contributed by atoms with Gasteiger partial charge in [0.1, 0.15) is 5.00 Å². The molecule has 0 aromatic rings. The van der Waals surface area contributed by atoms with Crippen LogP contribution in [0.4, 0.5) is 0 Å². The maximum Gasteiger partial charge on any atom is 0.270 e. The number of alkyl halides is 1. The third-order valence-electron chi connectivity index (χ3n) is 1.43. The van der Waals surface area contributed by atoms with Crippen molar-refractivity contribution in [2.75, 3.05) is 0 Å². The highest BCUT2D eigenvalue weighted by molar-refractivity contribution is 6.24. The van der Waals surface area contributed by atoms with Crippen molar-refractivity contribution in [2.24, 2.45) is 0 Å². The van der Waals surface area contributed by atoms with Gasteiger partial charge in [0.25, 0.3) is 5.70 Å². The highest BCUT2D eigenvalue weighted by Crippen LogP contribution is 2.27. The Kier molecular flexibility index (Phi) is 2.08. The summed E-state index contributed by atoms with van der Waals surface area (Å²) in [6, 6.07) is 0. The molecule has 1 aliphatic heterocycles. The molecule has 6 heteroatoms. The lowest BCUT2D eigenvalue weighted by Gasteiger charge is -2.39. The van der Waals surface area contributed by atoms with Crippen molar-refractivity contribution in [2.45, 2.75) is 11.9 Å². The molecule has 0 aromatic carbocycles.